The van der Waals surface area contributed by atoms with Crippen molar-refractivity contribution in [2.45, 2.75) is 44.2 Å². The Hall–Kier alpha value is -2.11. The van der Waals surface area contributed by atoms with Crippen molar-refractivity contribution in [3.63, 3.8) is 0 Å². The van der Waals surface area contributed by atoms with E-state index in [0.717, 1.165) is 25.7 Å². The second-order valence-corrected chi connectivity index (χ2v) is 5.81. The fraction of sp³-hybridized carbons (Fsp3) is 0.533. The van der Waals surface area contributed by atoms with Crippen molar-refractivity contribution in [1.29, 1.82) is 0 Å². The summed E-state index contributed by atoms with van der Waals surface area (Å²) in [5.74, 6) is -0.227. The molecule has 2 amide bonds. The van der Waals surface area contributed by atoms with Crippen LogP contribution in [0.3, 0.4) is 0 Å². The normalized spacial score (nSPS) is 23.1. The zero-order valence-electron chi connectivity index (χ0n) is 12.0. The van der Waals surface area contributed by atoms with E-state index in [4.69, 9.17) is 0 Å². The molecule has 0 spiro atoms. The van der Waals surface area contributed by atoms with E-state index in [-0.39, 0.29) is 29.8 Å². The van der Waals surface area contributed by atoms with Crippen molar-refractivity contribution in [1.82, 2.24) is 9.47 Å². The van der Waals surface area contributed by atoms with Crippen LogP contribution in [0.5, 0.6) is 0 Å². The third kappa shape index (κ3) is 2.57. The molecule has 1 N–H and O–H groups in total. The SMILES string of the molecule is Cn1cc(NC2CC(=O)N(C3CCCC3)C2=O)ccc1=O. The van der Waals surface area contributed by atoms with E-state index >= 15 is 0 Å². The van der Waals surface area contributed by atoms with Crippen LogP contribution >= 0.6 is 0 Å². The van der Waals surface area contributed by atoms with E-state index < -0.39 is 6.04 Å². The van der Waals surface area contributed by atoms with Gasteiger partial charge in [0.1, 0.15) is 6.04 Å². The van der Waals surface area contributed by atoms with Gasteiger partial charge in [0.2, 0.25) is 11.5 Å². The molecule has 6 heteroatoms. The highest BCUT2D eigenvalue weighted by atomic mass is 16.2. The summed E-state index contributed by atoms with van der Waals surface area (Å²) < 4.78 is 1.44. The van der Waals surface area contributed by atoms with E-state index in [1.54, 1.807) is 19.3 Å². The summed E-state index contributed by atoms with van der Waals surface area (Å²) in [6.07, 6.45) is 5.84. The first-order chi connectivity index (χ1) is 10.1. The molecule has 1 aromatic heterocycles. The fourth-order valence-electron chi connectivity index (χ4n) is 3.19. The molecule has 1 saturated heterocycles. The van der Waals surface area contributed by atoms with Gasteiger partial charge in [-0.25, -0.2) is 0 Å². The molecule has 2 fully saturated rings. The smallest absolute Gasteiger partial charge is 0.252 e. The van der Waals surface area contributed by atoms with Crippen LogP contribution in [0.15, 0.2) is 23.1 Å². The summed E-state index contributed by atoms with van der Waals surface area (Å²) >= 11 is 0. The van der Waals surface area contributed by atoms with E-state index in [0.29, 0.717) is 5.69 Å². The Morgan fingerprint density at radius 1 is 1.14 bits per heavy atom. The molecule has 0 radical (unpaired) electrons. The first kappa shape index (κ1) is 13.9. The van der Waals surface area contributed by atoms with Crippen molar-refractivity contribution < 1.29 is 9.59 Å². The van der Waals surface area contributed by atoms with Gasteiger partial charge in [-0.05, 0) is 18.9 Å². The molecule has 112 valence electrons. The Balaban J connectivity index is 1.74. The van der Waals surface area contributed by atoms with Crippen LogP contribution in [0.4, 0.5) is 5.69 Å². The Kier molecular flexibility index (Phi) is 3.53. The molecule has 1 saturated carbocycles. The number of carbonyl (C=O) groups excluding carboxylic acids is 2. The van der Waals surface area contributed by atoms with Gasteiger partial charge in [0, 0.05) is 25.4 Å². The number of aryl methyl sites for hydroxylation is 1. The number of hydrogen-bond acceptors (Lipinski definition) is 4. The molecule has 1 atom stereocenters. The molecule has 2 aliphatic rings. The lowest BCUT2D eigenvalue weighted by Gasteiger charge is -2.22. The number of aromatic nitrogens is 1. The van der Waals surface area contributed by atoms with Crippen molar-refractivity contribution in [2.75, 3.05) is 5.32 Å². The predicted molar refractivity (Wildman–Crippen MR) is 77.8 cm³/mol. The van der Waals surface area contributed by atoms with Gasteiger partial charge in [0.05, 0.1) is 12.1 Å². The quantitative estimate of drug-likeness (QED) is 0.838. The van der Waals surface area contributed by atoms with E-state index in [9.17, 15) is 14.4 Å². The Labute approximate surface area is 122 Å². The molecule has 3 rings (SSSR count). The van der Waals surface area contributed by atoms with Gasteiger partial charge in [0.25, 0.3) is 5.91 Å². The highest BCUT2D eigenvalue weighted by Gasteiger charge is 2.42. The summed E-state index contributed by atoms with van der Waals surface area (Å²) in [7, 11) is 1.65. The third-order valence-electron chi connectivity index (χ3n) is 4.30. The Morgan fingerprint density at radius 2 is 1.86 bits per heavy atom. The molecule has 0 bridgehead atoms. The first-order valence-corrected chi connectivity index (χ1v) is 7.35. The number of nitrogens with one attached hydrogen (secondary N) is 1. The summed E-state index contributed by atoms with van der Waals surface area (Å²) in [6.45, 7) is 0. The Bertz CT molecular complexity index is 631. The molecular weight excluding hydrogens is 270 g/mol. The van der Waals surface area contributed by atoms with E-state index in [1.165, 1.54) is 15.5 Å². The number of rotatable bonds is 3. The van der Waals surface area contributed by atoms with Crippen molar-refractivity contribution >= 4 is 17.5 Å². The largest absolute Gasteiger partial charge is 0.372 e. The van der Waals surface area contributed by atoms with Crippen LogP contribution < -0.4 is 10.9 Å². The van der Waals surface area contributed by atoms with Crippen LogP contribution in [0.1, 0.15) is 32.1 Å². The monoisotopic (exact) mass is 289 g/mol. The third-order valence-corrected chi connectivity index (χ3v) is 4.30. The van der Waals surface area contributed by atoms with Crippen molar-refractivity contribution in [3.8, 4) is 0 Å². The molecule has 21 heavy (non-hydrogen) atoms. The minimum absolute atomic E-state index is 0.0805. The van der Waals surface area contributed by atoms with Gasteiger partial charge in [-0.3, -0.25) is 19.3 Å². The number of carbonyl (C=O) groups is 2. The lowest BCUT2D eigenvalue weighted by Crippen LogP contribution is -2.41. The van der Waals surface area contributed by atoms with Gasteiger partial charge in [0.15, 0.2) is 0 Å². The van der Waals surface area contributed by atoms with Crippen LogP contribution in [0.25, 0.3) is 0 Å². The second kappa shape index (κ2) is 5.35. The van der Waals surface area contributed by atoms with Gasteiger partial charge < -0.3 is 9.88 Å². The van der Waals surface area contributed by atoms with E-state index in [2.05, 4.69) is 5.32 Å². The summed E-state index contributed by atoms with van der Waals surface area (Å²) in [5, 5.41) is 3.07. The van der Waals surface area contributed by atoms with Crippen molar-refractivity contribution in [3.05, 3.63) is 28.7 Å². The van der Waals surface area contributed by atoms with Crippen molar-refractivity contribution in [2.24, 2.45) is 7.05 Å². The minimum atomic E-state index is -0.518. The zero-order valence-corrected chi connectivity index (χ0v) is 12.0. The van der Waals surface area contributed by atoms with Gasteiger partial charge >= 0.3 is 0 Å². The maximum absolute atomic E-state index is 12.4. The Morgan fingerprint density at radius 3 is 2.52 bits per heavy atom. The number of amides is 2. The van der Waals surface area contributed by atoms with Crippen LogP contribution in [-0.2, 0) is 16.6 Å². The van der Waals surface area contributed by atoms with E-state index in [1.807, 2.05) is 0 Å². The average Bonchev–Trinajstić information content (AvgIpc) is 3.04. The fourth-order valence-corrected chi connectivity index (χ4v) is 3.19. The highest BCUT2D eigenvalue weighted by Crippen LogP contribution is 2.29. The number of anilines is 1. The maximum atomic E-state index is 12.4. The lowest BCUT2D eigenvalue weighted by atomic mass is 10.2. The first-order valence-electron chi connectivity index (χ1n) is 7.35. The number of imide groups is 1. The van der Waals surface area contributed by atoms with Gasteiger partial charge in [-0.15, -0.1) is 0 Å². The molecule has 1 aliphatic heterocycles. The second-order valence-electron chi connectivity index (χ2n) is 5.81. The molecule has 1 aromatic rings. The summed E-state index contributed by atoms with van der Waals surface area (Å²) in [6, 6.07) is 2.64. The molecule has 2 heterocycles. The van der Waals surface area contributed by atoms with Gasteiger partial charge in [-0.2, -0.15) is 0 Å². The summed E-state index contributed by atoms with van der Waals surface area (Å²) in [5.41, 5.74) is 0.568. The lowest BCUT2D eigenvalue weighted by molar-refractivity contribution is -0.141. The number of nitrogens with zero attached hydrogens (tertiary/aromatic N) is 2. The molecule has 1 aliphatic carbocycles. The average molecular weight is 289 g/mol. The highest BCUT2D eigenvalue weighted by molar-refractivity contribution is 6.07. The van der Waals surface area contributed by atoms with Gasteiger partial charge in [-0.1, -0.05) is 12.8 Å². The van der Waals surface area contributed by atoms with Crippen LogP contribution in [0, 0.1) is 0 Å². The predicted octanol–water partition coefficient (Wildman–Crippen LogP) is 0.867. The molecule has 0 aromatic carbocycles. The number of likely N-dealkylation sites (tertiary alicyclic amines) is 1. The summed E-state index contributed by atoms with van der Waals surface area (Å²) in [4.78, 5) is 37.3. The number of hydrogen-bond donors (Lipinski definition) is 1. The standard InChI is InChI=1S/C15H19N3O3/c1-17-9-10(6-7-13(17)19)16-12-8-14(20)18(15(12)21)11-4-2-3-5-11/h6-7,9,11-12,16H,2-5,8H2,1H3. The zero-order chi connectivity index (χ0) is 15.0. The number of pyridine rings is 1. The minimum Gasteiger partial charge on any atom is -0.372 e. The molecule has 1 unspecified atom stereocenters. The maximum Gasteiger partial charge on any atom is 0.252 e. The van der Waals surface area contributed by atoms with Crippen LogP contribution in [-0.4, -0.2) is 33.4 Å². The molecule has 6 nitrogen and oxygen atoms in total. The molecular formula is C15H19N3O3. The van der Waals surface area contributed by atoms with Crippen LogP contribution in [0.2, 0.25) is 0 Å². The topological polar surface area (TPSA) is 71.4 Å².